The van der Waals surface area contributed by atoms with Crippen molar-refractivity contribution in [2.24, 2.45) is 11.8 Å². The van der Waals surface area contributed by atoms with Crippen molar-refractivity contribution in [3.05, 3.63) is 30.1 Å². The van der Waals surface area contributed by atoms with Crippen LogP contribution in [0, 0.1) is 11.8 Å². The maximum Gasteiger partial charge on any atom is 0.220 e. The third-order valence-electron chi connectivity index (χ3n) is 4.16. The fraction of sp³-hybridized carbons (Fsp3) is 0.625. The van der Waals surface area contributed by atoms with E-state index < -0.39 is 0 Å². The van der Waals surface area contributed by atoms with Crippen LogP contribution < -0.4 is 10.6 Å². The first-order valence-electron chi connectivity index (χ1n) is 7.58. The van der Waals surface area contributed by atoms with Crippen LogP contribution in [-0.2, 0) is 4.79 Å². The molecule has 0 radical (unpaired) electrons. The molecule has 0 bridgehead atoms. The van der Waals surface area contributed by atoms with E-state index >= 15 is 0 Å². The quantitative estimate of drug-likeness (QED) is 0.867. The summed E-state index contributed by atoms with van der Waals surface area (Å²) >= 11 is 0. The summed E-state index contributed by atoms with van der Waals surface area (Å²) in [7, 11) is 0. The minimum atomic E-state index is -0.0274. The van der Waals surface area contributed by atoms with Crippen LogP contribution >= 0.6 is 0 Å². The lowest BCUT2D eigenvalue weighted by Gasteiger charge is -2.28. The molecule has 110 valence electrons. The third kappa shape index (κ3) is 4.30. The Morgan fingerprint density at radius 1 is 1.50 bits per heavy atom. The minimum absolute atomic E-state index is 0.0274. The van der Waals surface area contributed by atoms with E-state index in [0.29, 0.717) is 18.3 Å². The molecule has 2 N–H and O–H groups in total. The molecule has 0 aromatic carbocycles. The van der Waals surface area contributed by atoms with Crippen LogP contribution in [-0.4, -0.2) is 24.0 Å². The highest BCUT2D eigenvalue weighted by atomic mass is 16.1. The second-order valence-electron chi connectivity index (χ2n) is 5.83. The van der Waals surface area contributed by atoms with Crippen molar-refractivity contribution in [3.63, 3.8) is 0 Å². The van der Waals surface area contributed by atoms with Crippen molar-refractivity contribution in [2.45, 2.75) is 39.2 Å². The van der Waals surface area contributed by atoms with Gasteiger partial charge in [0.05, 0.1) is 11.7 Å². The number of pyridine rings is 1. The summed E-state index contributed by atoms with van der Waals surface area (Å²) in [5.74, 6) is 1.18. The molecule has 1 saturated heterocycles. The van der Waals surface area contributed by atoms with Crippen molar-refractivity contribution < 1.29 is 4.79 Å². The van der Waals surface area contributed by atoms with Gasteiger partial charge < -0.3 is 10.6 Å². The van der Waals surface area contributed by atoms with Crippen molar-refractivity contribution in [1.29, 1.82) is 0 Å². The molecular weight excluding hydrogens is 250 g/mol. The van der Waals surface area contributed by atoms with Crippen molar-refractivity contribution in [1.82, 2.24) is 15.6 Å². The van der Waals surface area contributed by atoms with Gasteiger partial charge in [-0.2, -0.15) is 0 Å². The molecule has 3 atom stereocenters. The Balaban J connectivity index is 1.79. The molecule has 1 aliphatic heterocycles. The van der Waals surface area contributed by atoms with Crippen LogP contribution in [0.5, 0.6) is 0 Å². The van der Waals surface area contributed by atoms with E-state index in [1.807, 2.05) is 25.1 Å². The number of hydrogen-bond acceptors (Lipinski definition) is 3. The zero-order valence-electron chi connectivity index (χ0n) is 12.4. The first kappa shape index (κ1) is 15.0. The third-order valence-corrected chi connectivity index (χ3v) is 4.16. The van der Waals surface area contributed by atoms with E-state index in [4.69, 9.17) is 0 Å². The Hall–Kier alpha value is -1.42. The molecule has 20 heavy (non-hydrogen) atoms. The number of nitrogens with zero attached hydrogens (tertiary/aromatic N) is 1. The van der Waals surface area contributed by atoms with Crippen LogP contribution in [0.3, 0.4) is 0 Å². The Labute approximate surface area is 121 Å². The highest BCUT2D eigenvalue weighted by Crippen LogP contribution is 2.22. The smallest absolute Gasteiger partial charge is 0.220 e. The highest BCUT2D eigenvalue weighted by molar-refractivity contribution is 5.76. The number of carbonyl (C=O) groups excluding carboxylic acids is 1. The summed E-state index contributed by atoms with van der Waals surface area (Å²) in [5, 5.41) is 6.46. The van der Waals surface area contributed by atoms with Gasteiger partial charge in [-0.25, -0.2) is 0 Å². The fourth-order valence-corrected chi connectivity index (χ4v) is 2.83. The molecule has 1 aliphatic rings. The monoisotopic (exact) mass is 275 g/mol. The van der Waals surface area contributed by atoms with Gasteiger partial charge in [0.1, 0.15) is 0 Å². The fourth-order valence-electron chi connectivity index (χ4n) is 2.83. The second-order valence-corrected chi connectivity index (χ2v) is 5.83. The summed E-state index contributed by atoms with van der Waals surface area (Å²) in [6.07, 6.45) is 4.82. The summed E-state index contributed by atoms with van der Waals surface area (Å²) in [6, 6.07) is 5.75. The topological polar surface area (TPSA) is 54.0 Å². The average Bonchev–Trinajstić information content (AvgIpc) is 2.49. The van der Waals surface area contributed by atoms with Crippen LogP contribution in [0.2, 0.25) is 0 Å². The molecule has 0 spiro atoms. The van der Waals surface area contributed by atoms with Gasteiger partial charge in [-0.1, -0.05) is 13.0 Å². The maximum atomic E-state index is 12.1. The molecule has 0 aliphatic carbocycles. The molecule has 4 heteroatoms. The first-order chi connectivity index (χ1) is 9.66. The number of piperidine rings is 1. The summed E-state index contributed by atoms with van der Waals surface area (Å²) in [4.78, 5) is 16.4. The molecule has 2 rings (SSSR count). The molecular formula is C16H25N3O. The standard InChI is InChI=1S/C16H25N3O/c1-12(14-6-5-8-17-11-14)10-16(20)19-13(2)15-7-3-4-9-18-15/h3-4,7,9,12-14,17H,5-6,8,10-11H2,1-2H3,(H,19,20). The highest BCUT2D eigenvalue weighted by Gasteiger charge is 2.22. The average molecular weight is 275 g/mol. The number of carbonyl (C=O) groups is 1. The molecule has 2 heterocycles. The number of amides is 1. The first-order valence-corrected chi connectivity index (χ1v) is 7.58. The van der Waals surface area contributed by atoms with Gasteiger partial charge in [0.2, 0.25) is 5.91 Å². The predicted octanol–water partition coefficient (Wildman–Crippen LogP) is 2.28. The van der Waals surface area contributed by atoms with E-state index in [2.05, 4.69) is 22.5 Å². The number of rotatable bonds is 5. The van der Waals surface area contributed by atoms with E-state index in [0.717, 1.165) is 18.8 Å². The molecule has 1 amide bonds. The molecule has 1 aromatic heterocycles. The number of aromatic nitrogens is 1. The zero-order valence-corrected chi connectivity index (χ0v) is 12.4. The summed E-state index contributed by atoms with van der Waals surface area (Å²) in [5.41, 5.74) is 0.910. The lowest BCUT2D eigenvalue weighted by Crippen LogP contribution is -2.36. The maximum absolute atomic E-state index is 12.1. The minimum Gasteiger partial charge on any atom is -0.348 e. The van der Waals surface area contributed by atoms with E-state index in [-0.39, 0.29) is 11.9 Å². The molecule has 3 unspecified atom stereocenters. The SMILES string of the molecule is CC(NC(=O)CC(C)C1CCCNC1)c1ccccn1. The largest absolute Gasteiger partial charge is 0.348 e. The van der Waals surface area contributed by atoms with Crippen molar-refractivity contribution >= 4 is 5.91 Å². The van der Waals surface area contributed by atoms with Crippen LogP contribution in [0.4, 0.5) is 0 Å². The Morgan fingerprint density at radius 3 is 3.00 bits per heavy atom. The second kappa shape index (κ2) is 7.39. The van der Waals surface area contributed by atoms with Crippen LogP contribution in [0.1, 0.15) is 44.8 Å². The van der Waals surface area contributed by atoms with Crippen LogP contribution in [0.25, 0.3) is 0 Å². The summed E-state index contributed by atoms with van der Waals surface area (Å²) < 4.78 is 0. The Kier molecular flexibility index (Phi) is 5.53. The Morgan fingerprint density at radius 2 is 2.35 bits per heavy atom. The van der Waals surface area contributed by atoms with Crippen molar-refractivity contribution in [3.8, 4) is 0 Å². The molecule has 4 nitrogen and oxygen atoms in total. The van der Waals surface area contributed by atoms with E-state index in [1.165, 1.54) is 12.8 Å². The molecule has 0 saturated carbocycles. The van der Waals surface area contributed by atoms with E-state index in [1.54, 1.807) is 6.20 Å². The van der Waals surface area contributed by atoms with Gasteiger partial charge in [0.25, 0.3) is 0 Å². The lowest BCUT2D eigenvalue weighted by atomic mass is 9.85. The van der Waals surface area contributed by atoms with Gasteiger partial charge in [-0.05, 0) is 56.8 Å². The van der Waals surface area contributed by atoms with Gasteiger partial charge in [-0.3, -0.25) is 9.78 Å². The molecule has 1 aromatic rings. The van der Waals surface area contributed by atoms with Crippen molar-refractivity contribution in [2.75, 3.05) is 13.1 Å². The van der Waals surface area contributed by atoms with Gasteiger partial charge >= 0.3 is 0 Å². The van der Waals surface area contributed by atoms with Gasteiger partial charge in [0, 0.05) is 12.6 Å². The molecule has 1 fully saturated rings. The van der Waals surface area contributed by atoms with Gasteiger partial charge in [-0.15, -0.1) is 0 Å². The van der Waals surface area contributed by atoms with Crippen LogP contribution in [0.15, 0.2) is 24.4 Å². The number of hydrogen-bond donors (Lipinski definition) is 2. The predicted molar refractivity (Wildman–Crippen MR) is 80.2 cm³/mol. The van der Waals surface area contributed by atoms with Gasteiger partial charge in [0.15, 0.2) is 0 Å². The summed E-state index contributed by atoms with van der Waals surface area (Å²) in [6.45, 7) is 6.33. The normalized spacial score (nSPS) is 22.0. The lowest BCUT2D eigenvalue weighted by molar-refractivity contribution is -0.123. The van der Waals surface area contributed by atoms with E-state index in [9.17, 15) is 4.79 Å². The zero-order chi connectivity index (χ0) is 14.4. The number of nitrogens with one attached hydrogen (secondary N) is 2. The Bertz CT molecular complexity index is 415.